The highest BCUT2D eigenvalue weighted by atomic mass is 19.1. The van der Waals surface area contributed by atoms with Crippen molar-refractivity contribution in [3.63, 3.8) is 0 Å². The van der Waals surface area contributed by atoms with E-state index in [-0.39, 0.29) is 29.7 Å². The zero-order valence-corrected chi connectivity index (χ0v) is 8.84. The van der Waals surface area contributed by atoms with Crippen molar-refractivity contribution in [1.82, 2.24) is 5.16 Å². The van der Waals surface area contributed by atoms with Crippen LogP contribution in [0.1, 0.15) is 10.6 Å². The molecule has 1 aliphatic heterocycles. The predicted octanol–water partition coefficient (Wildman–Crippen LogP) is 1.91. The summed E-state index contributed by atoms with van der Waals surface area (Å²) in [4.78, 5) is 10.7. The van der Waals surface area contributed by atoms with Crippen molar-refractivity contribution in [2.75, 3.05) is 6.79 Å². The van der Waals surface area contributed by atoms with E-state index < -0.39 is 11.8 Å². The number of aromatic carboxylic acids is 1. The van der Waals surface area contributed by atoms with Crippen LogP contribution in [0.2, 0.25) is 0 Å². The Bertz CT molecular complexity index is 636. The van der Waals surface area contributed by atoms with E-state index in [2.05, 4.69) is 9.68 Å². The van der Waals surface area contributed by atoms with Crippen LogP contribution in [-0.2, 0) is 0 Å². The highest BCUT2D eigenvalue weighted by molar-refractivity contribution is 5.86. The summed E-state index contributed by atoms with van der Waals surface area (Å²) in [7, 11) is 0. The van der Waals surface area contributed by atoms with Gasteiger partial charge in [0.2, 0.25) is 18.3 Å². The zero-order chi connectivity index (χ0) is 12.7. The number of rotatable bonds is 2. The van der Waals surface area contributed by atoms with Crippen LogP contribution < -0.4 is 9.47 Å². The van der Waals surface area contributed by atoms with E-state index in [1.54, 1.807) is 0 Å². The molecule has 6 nitrogen and oxygen atoms in total. The van der Waals surface area contributed by atoms with Crippen molar-refractivity contribution >= 4 is 5.97 Å². The Kier molecular flexibility index (Phi) is 2.19. The molecule has 0 unspecified atom stereocenters. The second-order valence-corrected chi connectivity index (χ2v) is 3.54. The van der Waals surface area contributed by atoms with Crippen LogP contribution in [0.15, 0.2) is 22.7 Å². The first kappa shape index (κ1) is 10.6. The van der Waals surface area contributed by atoms with Crippen molar-refractivity contribution in [2.45, 2.75) is 0 Å². The Hall–Kier alpha value is -2.57. The number of ether oxygens (including phenoxy) is 2. The van der Waals surface area contributed by atoms with Crippen LogP contribution in [0.4, 0.5) is 4.39 Å². The molecule has 2 aromatic rings. The third kappa shape index (κ3) is 1.48. The smallest absolute Gasteiger partial charge is 0.374 e. The van der Waals surface area contributed by atoms with Gasteiger partial charge in [0, 0.05) is 6.07 Å². The van der Waals surface area contributed by atoms with Gasteiger partial charge < -0.3 is 19.1 Å². The first-order valence-corrected chi connectivity index (χ1v) is 4.95. The molecule has 2 heterocycles. The van der Waals surface area contributed by atoms with Gasteiger partial charge in [0.1, 0.15) is 5.69 Å². The number of aromatic nitrogens is 1. The average molecular weight is 251 g/mol. The van der Waals surface area contributed by atoms with Crippen molar-refractivity contribution in [2.24, 2.45) is 0 Å². The maximum atomic E-state index is 13.4. The average Bonchev–Trinajstić information content (AvgIpc) is 2.98. The molecule has 18 heavy (non-hydrogen) atoms. The largest absolute Gasteiger partial charge is 0.475 e. The number of carbonyl (C=O) groups is 1. The fraction of sp³-hybridized carbons (Fsp3) is 0.0909. The minimum Gasteiger partial charge on any atom is -0.475 e. The third-order valence-electron chi connectivity index (χ3n) is 2.47. The Morgan fingerprint density at radius 3 is 2.83 bits per heavy atom. The number of benzene rings is 1. The third-order valence-corrected chi connectivity index (χ3v) is 2.47. The monoisotopic (exact) mass is 251 g/mol. The first-order chi connectivity index (χ1) is 8.66. The van der Waals surface area contributed by atoms with Gasteiger partial charge in [-0.25, -0.2) is 9.18 Å². The van der Waals surface area contributed by atoms with Crippen LogP contribution in [-0.4, -0.2) is 23.0 Å². The second kappa shape index (κ2) is 3.73. The molecule has 0 fully saturated rings. The molecule has 0 bridgehead atoms. The van der Waals surface area contributed by atoms with Gasteiger partial charge in [0.25, 0.3) is 0 Å². The van der Waals surface area contributed by atoms with Gasteiger partial charge in [-0.15, -0.1) is 0 Å². The van der Waals surface area contributed by atoms with Crippen molar-refractivity contribution in [1.29, 1.82) is 0 Å². The molecule has 92 valence electrons. The van der Waals surface area contributed by atoms with E-state index >= 15 is 0 Å². The SMILES string of the molecule is O=C(O)c1cc(-c2ccc(F)c3c2OCO3)no1. The van der Waals surface area contributed by atoms with Crippen LogP contribution in [0, 0.1) is 5.82 Å². The van der Waals surface area contributed by atoms with Crippen LogP contribution >= 0.6 is 0 Å². The summed E-state index contributed by atoms with van der Waals surface area (Å²) in [6.45, 7) is -0.0904. The highest BCUT2D eigenvalue weighted by Gasteiger charge is 2.25. The van der Waals surface area contributed by atoms with Gasteiger partial charge in [-0.1, -0.05) is 5.16 Å². The molecule has 0 saturated carbocycles. The van der Waals surface area contributed by atoms with Crippen LogP contribution in [0.3, 0.4) is 0 Å². The lowest BCUT2D eigenvalue weighted by Crippen LogP contribution is -1.94. The van der Waals surface area contributed by atoms with E-state index in [1.807, 2.05) is 0 Å². The molecule has 0 saturated heterocycles. The van der Waals surface area contributed by atoms with Crippen LogP contribution in [0.5, 0.6) is 11.5 Å². The minimum atomic E-state index is -1.23. The first-order valence-electron chi connectivity index (χ1n) is 4.95. The lowest BCUT2D eigenvalue weighted by Gasteiger charge is -2.02. The predicted molar refractivity (Wildman–Crippen MR) is 55.0 cm³/mol. The molecule has 0 atom stereocenters. The summed E-state index contributed by atoms with van der Waals surface area (Å²) in [5.41, 5.74) is 0.661. The van der Waals surface area contributed by atoms with Gasteiger partial charge in [-0.05, 0) is 12.1 Å². The number of hydrogen-bond acceptors (Lipinski definition) is 5. The van der Waals surface area contributed by atoms with Crippen LogP contribution in [0.25, 0.3) is 11.3 Å². The molecule has 0 spiro atoms. The number of carboxylic acids is 1. The van der Waals surface area contributed by atoms with E-state index in [0.29, 0.717) is 5.56 Å². The van der Waals surface area contributed by atoms with Gasteiger partial charge >= 0.3 is 5.97 Å². The molecular weight excluding hydrogens is 245 g/mol. The quantitative estimate of drug-likeness (QED) is 0.877. The van der Waals surface area contributed by atoms with Crippen molar-refractivity contribution in [3.05, 3.63) is 29.8 Å². The fourth-order valence-corrected chi connectivity index (χ4v) is 1.67. The molecule has 0 aliphatic carbocycles. The maximum absolute atomic E-state index is 13.4. The number of carboxylic acid groups (broad SMARTS) is 1. The molecule has 3 rings (SSSR count). The summed E-state index contributed by atoms with van der Waals surface area (Å²) in [5.74, 6) is -1.90. The molecule has 7 heteroatoms. The van der Waals surface area contributed by atoms with Crippen molar-refractivity contribution < 1.29 is 28.3 Å². The number of fused-ring (bicyclic) bond motifs is 1. The summed E-state index contributed by atoms with van der Waals surface area (Å²) >= 11 is 0. The minimum absolute atomic E-state index is 0.00706. The highest BCUT2D eigenvalue weighted by Crippen LogP contribution is 2.42. The standard InChI is InChI=1S/C11H6FNO5/c12-6-2-1-5(9-10(6)17-4-16-9)7-3-8(11(14)15)18-13-7/h1-3H,4H2,(H,14,15). The summed E-state index contributed by atoms with van der Waals surface area (Å²) < 4.78 is 28.1. The van der Waals surface area contributed by atoms with Gasteiger partial charge in [-0.2, -0.15) is 0 Å². The molecular formula is C11H6FNO5. The fourth-order valence-electron chi connectivity index (χ4n) is 1.67. The maximum Gasteiger partial charge on any atom is 0.374 e. The molecule has 1 aromatic carbocycles. The normalized spacial score (nSPS) is 12.7. The number of nitrogens with zero attached hydrogens (tertiary/aromatic N) is 1. The van der Waals surface area contributed by atoms with Gasteiger partial charge in [-0.3, -0.25) is 0 Å². The number of hydrogen-bond donors (Lipinski definition) is 1. The Balaban J connectivity index is 2.12. The van der Waals surface area contributed by atoms with E-state index in [0.717, 1.165) is 0 Å². The van der Waals surface area contributed by atoms with E-state index in [9.17, 15) is 9.18 Å². The van der Waals surface area contributed by atoms with Gasteiger partial charge in [0.05, 0.1) is 5.56 Å². The number of halogens is 1. The zero-order valence-electron chi connectivity index (χ0n) is 8.84. The van der Waals surface area contributed by atoms with Gasteiger partial charge in [0.15, 0.2) is 11.6 Å². The Morgan fingerprint density at radius 2 is 2.11 bits per heavy atom. The Morgan fingerprint density at radius 1 is 1.33 bits per heavy atom. The molecule has 1 aromatic heterocycles. The Labute approximate surface area is 99.5 Å². The molecule has 1 aliphatic rings. The topological polar surface area (TPSA) is 81.8 Å². The molecule has 0 amide bonds. The summed E-state index contributed by atoms with van der Waals surface area (Å²) in [5, 5.41) is 12.3. The molecule has 1 N–H and O–H groups in total. The summed E-state index contributed by atoms with van der Waals surface area (Å²) in [6, 6.07) is 3.85. The van der Waals surface area contributed by atoms with E-state index in [4.69, 9.17) is 14.6 Å². The van der Waals surface area contributed by atoms with Crippen molar-refractivity contribution in [3.8, 4) is 22.8 Å². The van der Waals surface area contributed by atoms with E-state index in [1.165, 1.54) is 18.2 Å². The molecule has 0 radical (unpaired) electrons. The second-order valence-electron chi connectivity index (χ2n) is 3.54. The lowest BCUT2D eigenvalue weighted by atomic mass is 10.1. The lowest BCUT2D eigenvalue weighted by molar-refractivity contribution is 0.0652. The summed E-state index contributed by atoms with van der Waals surface area (Å²) in [6.07, 6.45) is 0.